The topological polar surface area (TPSA) is 60.4 Å². The number of allylic oxidation sites excluding steroid dienone is 1. The van der Waals surface area contributed by atoms with Gasteiger partial charge in [-0.1, -0.05) is 19.4 Å². The summed E-state index contributed by atoms with van der Waals surface area (Å²) in [4.78, 5) is 37.0. The predicted octanol–water partition coefficient (Wildman–Crippen LogP) is 4.27. The maximum absolute atomic E-state index is 12.8. The summed E-state index contributed by atoms with van der Waals surface area (Å²) in [5.41, 5.74) is 0.343. The molecular formula is C24H32O4. The lowest BCUT2D eigenvalue weighted by atomic mass is 9.46. The van der Waals surface area contributed by atoms with Crippen molar-refractivity contribution in [3.05, 3.63) is 11.6 Å². The maximum atomic E-state index is 12.8. The molecule has 0 aromatic rings. The fourth-order valence-corrected chi connectivity index (χ4v) is 8.52. The van der Waals surface area contributed by atoms with Crippen LogP contribution in [0.4, 0.5) is 0 Å². The molecular weight excluding hydrogens is 352 g/mol. The van der Waals surface area contributed by atoms with E-state index >= 15 is 0 Å². The minimum Gasteiger partial charge on any atom is -0.451 e. The van der Waals surface area contributed by atoms with Gasteiger partial charge in [-0.3, -0.25) is 14.4 Å². The van der Waals surface area contributed by atoms with E-state index in [1.54, 1.807) is 6.92 Å². The molecule has 28 heavy (non-hydrogen) atoms. The van der Waals surface area contributed by atoms with Gasteiger partial charge in [0.15, 0.2) is 17.2 Å². The van der Waals surface area contributed by atoms with Gasteiger partial charge in [0.05, 0.1) is 0 Å². The molecule has 4 nitrogen and oxygen atoms in total. The largest absolute Gasteiger partial charge is 0.451 e. The summed E-state index contributed by atoms with van der Waals surface area (Å²) in [5.74, 6) is 2.41. The third kappa shape index (κ3) is 2.05. The molecule has 4 saturated carbocycles. The second-order valence-electron chi connectivity index (χ2n) is 10.7. The van der Waals surface area contributed by atoms with Crippen LogP contribution >= 0.6 is 0 Å². The van der Waals surface area contributed by atoms with Crippen LogP contribution in [-0.4, -0.2) is 23.1 Å². The lowest BCUT2D eigenvalue weighted by molar-refractivity contribution is -0.187. The molecule has 5 aliphatic rings. The third-order valence-corrected chi connectivity index (χ3v) is 9.90. The first kappa shape index (κ1) is 18.6. The van der Waals surface area contributed by atoms with E-state index in [0.29, 0.717) is 35.9 Å². The molecule has 2 unspecified atom stereocenters. The van der Waals surface area contributed by atoms with Crippen molar-refractivity contribution in [1.29, 1.82) is 0 Å². The van der Waals surface area contributed by atoms with Crippen molar-refractivity contribution in [3.63, 3.8) is 0 Å². The number of fused-ring (bicyclic) bond motifs is 7. The van der Waals surface area contributed by atoms with Gasteiger partial charge in [-0.15, -0.1) is 0 Å². The van der Waals surface area contributed by atoms with Crippen molar-refractivity contribution in [2.75, 3.05) is 0 Å². The Morgan fingerprint density at radius 1 is 1.04 bits per heavy atom. The van der Waals surface area contributed by atoms with Crippen LogP contribution in [0.15, 0.2) is 11.6 Å². The predicted molar refractivity (Wildman–Crippen MR) is 104 cm³/mol. The van der Waals surface area contributed by atoms with Crippen LogP contribution in [0.25, 0.3) is 0 Å². The molecule has 0 spiro atoms. The summed E-state index contributed by atoms with van der Waals surface area (Å²) in [6, 6.07) is 0. The van der Waals surface area contributed by atoms with Crippen molar-refractivity contribution in [1.82, 2.24) is 0 Å². The van der Waals surface area contributed by atoms with E-state index in [9.17, 15) is 14.4 Å². The van der Waals surface area contributed by atoms with E-state index < -0.39 is 5.60 Å². The van der Waals surface area contributed by atoms with E-state index in [4.69, 9.17) is 4.74 Å². The van der Waals surface area contributed by atoms with Gasteiger partial charge in [-0.05, 0) is 87.0 Å². The van der Waals surface area contributed by atoms with Gasteiger partial charge in [0.2, 0.25) is 0 Å². The molecule has 0 aliphatic heterocycles. The average molecular weight is 385 g/mol. The van der Waals surface area contributed by atoms with Gasteiger partial charge in [0.1, 0.15) is 0 Å². The Morgan fingerprint density at radius 3 is 2.43 bits per heavy atom. The summed E-state index contributed by atoms with van der Waals surface area (Å²) in [6.07, 6.45) is 8.80. The Bertz CT molecular complexity index is 811. The fraction of sp³-hybridized carbons (Fsp3) is 0.792. The highest BCUT2D eigenvalue weighted by atomic mass is 16.6. The van der Waals surface area contributed by atoms with E-state index in [1.165, 1.54) is 12.5 Å². The highest BCUT2D eigenvalue weighted by Gasteiger charge is 2.70. The molecule has 0 aromatic heterocycles. The number of carbonyl (C=O) groups excluding carboxylic acids is 3. The van der Waals surface area contributed by atoms with Crippen molar-refractivity contribution >= 4 is 17.5 Å². The van der Waals surface area contributed by atoms with Crippen LogP contribution in [0.2, 0.25) is 0 Å². The van der Waals surface area contributed by atoms with Gasteiger partial charge in [0, 0.05) is 18.3 Å². The SMILES string of the molecule is CC(=O)O[C@]1(C(C)=O)CC[C@H]2[C@@H]3CCC4=CC(=O)C5CC5[C@]4(C)[C@H]3CC[C@@]21C. The van der Waals surface area contributed by atoms with Crippen LogP contribution in [0.3, 0.4) is 0 Å². The number of ether oxygens (including phenoxy) is 1. The van der Waals surface area contributed by atoms with Crippen LogP contribution in [0, 0.1) is 40.4 Å². The molecule has 4 fully saturated rings. The van der Waals surface area contributed by atoms with Crippen molar-refractivity contribution < 1.29 is 19.1 Å². The molecule has 8 atom stereocenters. The number of carbonyl (C=O) groups is 3. The third-order valence-electron chi connectivity index (χ3n) is 9.90. The standard InChI is InChI=1S/C24H32O4/c1-13(25)24(28-14(2)26)10-8-18-16-6-5-15-11-21(27)17-12-20(17)23(15,4)19(16)7-9-22(18,24)3/h11,16-20H,5-10,12H2,1-4H3/t16-,17?,18-,19-,20?,22-,23-,24-/m0/s1. The molecule has 152 valence electrons. The first-order chi connectivity index (χ1) is 13.1. The van der Waals surface area contributed by atoms with Crippen molar-refractivity contribution in [2.45, 2.75) is 78.2 Å². The molecule has 0 bridgehead atoms. The molecule has 4 heteroatoms. The molecule has 5 rings (SSSR count). The average Bonchev–Trinajstić information content (AvgIpc) is 3.37. The van der Waals surface area contributed by atoms with Crippen LogP contribution < -0.4 is 0 Å². The summed E-state index contributed by atoms with van der Waals surface area (Å²) >= 11 is 0. The highest BCUT2D eigenvalue weighted by molar-refractivity contribution is 5.96. The summed E-state index contributed by atoms with van der Waals surface area (Å²) in [6.45, 7) is 7.67. The Hall–Kier alpha value is -1.45. The van der Waals surface area contributed by atoms with Gasteiger partial charge >= 0.3 is 5.97 Å². The Kier molecular flexibility index (Phi) is 3.70. The minimum atomic E-state index is -0.948. The first-order valence-electron chi connectivity index (χ1n) is 11.1. The number of rotatable bonds is 2. The summed E-state index contributed by atoms with van der Waals surface area (Å²) < 4.78 is 5.84. The number of esters is 1. The molecule has 0 heterocycles. The quantitative estimate of drug-likeness (QED) is 0.667. The molecule has 0 N–H and O–H groups in total. The molecule has 0 aromatic carbocycles. The smallest absolute Gasteiger partial charge is 0.303 e. The molecule has 0 amide bonds. The Morgan fingerprint density at radius 2 is 1.75 bits per heavy atom. The lowest BCUT2D eigenvalue weighted by Crippen LogP contribution is -2.58. The van der Waals surface area contributed by atoms with Crippen molar-refractivity contribution in [3.8, 4) is 0 Å². The Labute approximate surface area is 167 Å². The van der Waals surface area contributed by atoms with E-state index in [2.05, 4.69) is 13.8 Å². The van der Waals surface area contributed by atoms with Crippen molar-refractivity contribution in [2.24, 2.45) is 40.4 Å². The highest BCUT2D eigenvalue weighted by Crippen LogP contribution is 2.72. The molecule has 5 aliphatic carbocycles. The van der Waals surface area contributed by atoms with E-state index in [-0.39, 0.29) is 28.5 Å². The number of ketones is 2. The number of hydrogen-bond donors (Lipinski definition) is 0. The van der Waals surface area contributed by atoms with Gasteiger partial charge < -0.3 is 4.74 Å². The zero-order chi connectivity index (χ0) is 20.1. The van der Waals surface area contributed by atoms with Crippen LogP contribution in [0.5, 0.6) is 0 Å². The van der Waals surface area contributed by atoms with Crippen LogP contribution in [0.1, 0.15) is 72.6 Å². The van der Waals surface area contributed by atoms with E-state index in [1.807, 2.05) is 6.08 Å². The second-order valence-corrected chi connectivity index (χ2v) is 10.7. The fourth-order valence-electron chi connectivity index (χ4n) is 8.52. The lowest BCUT2D eigenvalue weighted by Gasteiger charge is -2.59. The first-order valence-corrected chi connectivity index (χ1v) is 11.1. The van der Waals surface area contributed by atoms with Gasteiger partial charge in [-0.2, -0.15) is 0 Å². The molecule has 0 saturated heterocycles. The van der Waals surface area contributed by atoms with Gasteiger partial charge in [0.25, 0.3) is 0 Å². The van der Waals surface area contributed by atoms with Crippen LogP contribution in [-0.2, 0) is 19.1 Å². The second kappa shape index (κ2) is 5.58. The molecule has 0 radical (unpaired) electrons. The number of hydrogen-bond acceptors (Lipinski definition) is 4. The minimum absolute atomic E-state index is 0.0132. The van der Waals surface area contributed by atoms with E-state index in [0.717, 1.165) is 38.5 Å². The van der Waals surface area contributed by atoms with Gasteiger partial charge in [-0.25, -0.2) is 0 Å². The summed E-state index contributed by atoms with van der Waals surface area (Å²) in [5, 5.41) is 0. The monoisotopic (exact) mass is 384 g/mol. The zero-order valence-electron chi connectivity index (χ0n) is 17.5. The number of Topliss-reactive ketones (excluding diaryl/α,β-unsaturated/α-hetero) is 1. The Balaban J connectivity index is 1.52. The zero-order valence-corrected chi connectivity index (χ0v) is 17.5. The normalized spacial score (nSPS) is 51.2. The maximum Gasteiger partial charge on any atom is 0.303 e. The summed E-state index contributed by atoms with van der Waals surface area (Å²) in [7, 11) is 0.